The Balaban J connectivity index is 1.61. The number of fused-ring (bicyclic) bond motifs is 1. The second-order valence-electron chi connectivity index (χ2n) is 7.21. The molecule has 2 fully saturated rings. The first-order valence-electron chi connectivity index (χ1n) is 8.79. The predicted molar refractivity (Wildman–Crippen MR) is 110 cm³/mol. The third-order valence-electron chi connectivity index (χ3n) is 4.94. The monoisotopic (exact) mass is 416 g/mol. The molecule has 7 nitrogen and oxygen atoms in total. The molecule has 2 saturated heterocycles. The molecule has 2 aliphatic rings. The summed E-state index contributed by atoms with van der Waals surface area (Å²) >= 11 is 2.94. The topological polar surface area (TPSA) is 95.4 Å². The first-order valence-corrected chi connectivity index (χ1v) is 10.9. The Morgan fingerprint density at radius 3 is 2.64 bits per heavy atom. The lowest BCUT2D eigenvalue weighted by molar-refractivity contribution is -0.158. The number of nitrogens with one attached hydrogen (secondary N) is 1. The molecule has 0 bridgehead atoms. The quantitative estimate of drug-likeness (QED) is 0.436. The van der Waals surface area contributed by atoms with E-state index in [2.05, 4.69) is 15.3 Å². The van der Waals surface area contributed by atoms with E-state index in [9.17, 15) is 14.7 Å². The molecule has 0 unspecified atom stereocenters. The van der Waals surface area contributed by atoms with Gasteiger partial charge in [-0.1, -0.05) is 42.1 Å². The smallest absolute Gasteiger partial charge is 0.327 e. The Kier molecular flexibility index (Phi) is 4.75. The molecule has 146 valence electrons. The molecule has 2 N–H and O–H groups in total. The minimum absolute atomic E-state index is 0.207. The normalized spacial score (nSPS) is 25.2. The fraction of sp³-hybridized carbons (Fsp3) is 0.368. The summed E-state index contributed by atoms with van der Waals surface area (Å²) in [5.74, 6) is -0.612. The van der Waals surface area contributed by atoms with Gasteiger partial charge < -0.3 is 15.3 Å². The molecular formula is C19H20N4O3S2. The summed E-state index contributed by atoms with van der Waals surface area (Å²) in [5.41, 5.74) is 1.74. The maximum absolute atomic E-state index is 12.7. The summed E-state index contributed by atoms with van der Waals surface area (Å²) in [6.45, 7) is 3.73. The molecule has 3 heterocycles. The number of carbonyl (C=O) groups excluding carboxylic acids is 1. The zero-order chi connectivity index (χ0) is 20.1. The molecule has 0 radical (unpaired) electrons. The molecule has 1 aromatic heterocycles. The minimum Gasteiger partial charge on any atom is -0.480 e. The van der Waals surface area contributed by atoms with Crippen LogP contribution in [0.1, 0.15) is 13.8 Å². The summed E-state index contributed by atoms with van der Waals surface area (Å²) in [6, 6.07) is 10.3. The number of β-lactam (4-membered cyclic amide) rings is 1. The van der Waals surface area contributed by atoms with Gasteiger partial charge in [0.15, 0.2) is 5.16 Å². The van der Waals surface area contributed by atoms with Gasteiger partial charge in [0.2, 0.25) is 5.91 Å². The second-order valence-corrected chi connectivity index (χ2v) is 9.76. The molecule has 2 aromatic rings. The fourth-order valence-electron chi connectivity index (χ4n) is 3.65. The van der Waals surface area contributed by atoms with Crippen LogP contribution in [0, 0.1) is 0 Å². The Morgan fingerprint density at radius 2 is 2.00 bits per heavy atom. The lowest BCUT2D eigenvalue weighted by Gasteiger charge is -2.43. The summed E-state index contributed by atoms with van der Waals surface area (Å²) in [7, 11) is 0. The molecule has 28 heavy (non-hydrogen) atoms. The minimum atomic E-state index is -0.968. The second kappa shape index (κ2) is 6.97. The van der Waals surface area contributed by atoms with Crippen LogP contribution >= 0.6 is 23.5 Å². The lowest BCUT2D eigenvalue weighted by Crippen LogP contribution is -2.68. The van der Waals surface area contributed by atoms with Gasteiger partial charge in [0.05, 0.1) is 5.69 Å². The van der Waals surface area contributed by atoms with Crippen molar-refractivity contribution in [2.45, 2.75) is 41.2 Å². The van der Waals surface area contributed by atoms with Crippen LogP contribution in [-0.2, 0) is 9.59 Å². The Hall–Kier alpha value is -2.26. The number of anilines is 1. The highest BCUT2D eigenvalue weighted by Crippen LogP contribution is 2.51. The van der Waals surface area contributed by atoms with Crippen LogP contribution in [0.3, 0.4) is 0 Å². The first kappa shape index (κ1) is 19.1. The van der Waals surface area contributed by atoms with Crippen molar-refractivity contribution >= 4 is 41.2 Å². The molecule has 2 aliphatic heterocycles. The van der Waals surface area contributed by atoms with E-state index in [0.29, 0.717) is 11.0 Å². The molecule has 4 rings (SSSR count). The number of benzene rings is 1. The van der Waals surface area contributed by atoms with Gasteiger partial charge in [-0.15, -0.1) is 11.8 Å². The standard InChI is InChI=1S/C19H20N4O3S2/c1-19(2)14(17(25)26)23-15(24)13(16(23)28-19)21-12-9-11(20-18(22-12)27-3)10-7-5-4-6-8-10/h4-9,13-14,16H,1-3H3,(H,25,26)(H,20,21,22)/t13-,14-,16-/m1/s1. The third kappa shape index (κ3) is 3.12. The molecular weight excluding hydrogens is 396 g/mol. The number of carboxylic acids is 1. The maximum Gasteiger partial charge on any atom is 0.327 e. The van der Waals surface area contributed by atoms with Gasteiger partial charge >= 0.3 is 5.97 Å². The molecule has 3 atom stereocenters. The Labute approximate surface area is 171 Å². The van der Waals surface area contributed by atoms with Crippen molar-refractivity contribution in [1.82, 2.24) is 14.9 Å². The zero-order valence-corrected chi connectivity index (χ0v) is 17.3. The van der Waals surface area contributed by atoms with Crippen LogP contribution in [-0.4, -0.2) is 60.3 Å². The van der Waals surface area contributed by atoms with Gasteiger partial charge in [-0.2, -0.15) is 0 Å². The molecule has 9 heteroatoms. The van der Waals surface area contributed by atoms with Crippen LogP contribution in [0.4, 0.5) is 5.82 Å². The largest absolute Gasteiger partial charge is 0.480 e. The number of aromatic nitrogens is 2. The van der Waals surface area contributed by atoms with E-state index >= 15 is 0 Å². The number of hydrogen-bond donors (Lipinski definition) is 2. The number of thioether (sulfide) groups is 2. The van der Waals surface area contributed by atoms with E-state index in [-0.39, 0.29) is 11.3 Å². The summed E-state index contributed by atoms with van der Waals surface area (Å²) in [5, 5.41) is 13.1. The number of hydrogen-bond acceptors (Lipinski definition) is 7. The van der Waals surface area contributed by atoms with Crippen LogP contribution < -0.4 is 5.32 Å². The van der Waals surface area contributed by atoms with Crippen molar-refractivity contribution in [2.75, 3.05) is 11.6 Å². The van der Waals surface area contributed by atoms with Crippen molar-refractivity contribution in [3.63, 3.8) is 0 Å². The average Bonchev–Trinajstić information content (AvgIpc) is 2.94. The molecule has 0 saturated carbocycles. The SMILES string of the molecule is CSc1nc(N[C@@H]2C(=O)N3[C@@H]2SC(C)(C)[C@H]3C(=O)O)cc(-c2ccccc2)n1. The van der Waals surface area contributed by atoms with Crippen molar-refractivity contribution in [1.29, 1.82) is 0 Å². The number of nitrogens with zero attached hydrogens (tertiary/aromatic N) is 3. The lowest BCUT2D eigenvalue weighted by atomic mass is 9.96. The van der Waals surface area contributed by atoms with E-state index in [1.54, 1.807) is 0 Å². The van der Waals surface area contributed by atoms with E-state index in [1.165, 1.54) is 28.4 Å². The maximum atomic E-state index is 12.7. The number of rotatable bonds is 5. The highest BCUT2D eigenvalue weighted by Gasteiger charge is 2.63. The van der Waals surface area contributed by atoms with Gasteiger partial charge in [0, 0.05) is 16.4 Å². The van der Waals surface area contributed by atoms with Crippen molar-refractivity contribution in [3.05, 3.63) is 36.4 Å². The van der Waals surface area contributed by atoms with E-state index in [4.69, 9.17) is 0 Å². The van der Waals surface area contributed by atoms with Crippen LogP contribution in [0.15, 0.2) is 41.6 Å². The third-order valence-corrected chi connectivity index (χ3v) is 7.06. The molecule has 0 aliphatic carbocycles. The van der Waals surface area contributed by atoms with E-state index < -0.39 is 22.8 Å². The van der Waals surface area contributed by atoms with Crippen LogP contribution in [0.2, 0.25) is 0 Å². The summed E-state index contributed by atoms with van der Waals surface area (Å²) in [4.78, 5) is 34.9. The van der Waals surface area contributed by atoms with Gasteiger partial charge in [-0.25, -0.2) is 14.8 Å². The zero-order valence-electron chi connectivity index (χ0n) is 15.6. The van der Waals surface area contributed by atoms with Crippen molar-refractivity contribution < 1.29 is 14.7 Å². The molecule has 1 aromatic carbocycles. The van der Waals surface area contributed by atoms with Crippen LogP contribution in [0.25, 0.3) is 11.3 Å². The van der Waals surface area contributed by atoms with Gasteiger partial charge in [-0.05, 0) is 20.1 Å². The van der Waals surface area contributed by atoms with E-state index in [0.717, 1.165) is 11.3 Å². The Bertz CT molecular complexity index is 938. The van der Waals surface area contributed by atoms with Gasteiger partial charge in [0.1, 0.15) is 23.3 Å². The number of amides is 1. The van der Waals surface area contributed by atoms with Crippen LogP contribution in [0.5, 0.6) is 0 Å². The highest BCUT2D eigenvalue weighted by atomic mass is 32.2. The first-order chi connectivity index (χ1) is 13.3. The van der Waals surface area contributed by atoms with Gasteiger partial charge in [-0.3, -0.25) is 4.79 Å². The molecule has 0 spiro atoms. The Morgan fingerprint density at radius 1 is 1.29 bits per heavy atom. The van der Waals surface area contributed by atoms with Gasteiger partial charge in [0.25, 0.3) is 0 Å². The predicted octanol–water partition coefficient (Wildman–Crippen LogP) is 2.79. The molecule has 1 amide bonds. The average molecular weight is 417 g/mol. The van der Waals surface area contributed by atoms with Crippen molar-refractivity contribution in [2.24, 2.45) is 0 Å². The number of aliphatic carboxylic acids is 1. The van der Waals surface area contributed by atoms with Crippen molar-refractivity contribution in [3.8, 4) is 11.3 Å². The summed E-state index contributed by atoms with van der Waals surface area (Å²) in [6.07, 6.45) is 1.90. The number of carbonyl (C=O) groups is 2. The highest BCUT2D eigenvalue weighted by molar-refractivity contribution is 8.01. The number of carboxylic acid groups (broad SMARTS) is 1. The van der Waals surface area contributed by atoms with E-state index in [1.807, 2.05) is 56.5 Å². The summed E-state index contributed by atoms with van der Waals surface area (Å²) < 4.78 is -0.548. The fourth-order valence-corrected chi connectivity index (χ4v) is 5.66.